The molecule has 6 rings (SSSR count). The average molecular weight is 582 g/mol. The average Bonchev–Trinajstić information content (AvgIpc) is 3.56. The summed E-state index contributed by atoms with van der Waals surface area (Å²) < 4.78 is 9.40. The van der Waals surface area contributed by atoms with Gasteiger partial charge in [0.15, 0.2) is 5.11 Å². The molecular formula is C31H25BrN4OS. The number of halogens is 1. The molecule has 5 aromatic rings. The Hall–Kier alpha value is -3.94. The Bertz CT molecular complexity index is 1570. The predicted molar refractivity (Wildman–Crippen MR) is 159 cm³/mol. The van der Waals surface area contributed by atoms with Crippen molar-refractivity contribution < 1.29 is 4.74 Å². The summed E-state index contributed by atoms with van der Waals surface area (Å²) in [4.78, 5) is 6.86. The van der Waals surface area contributed by atoms with E-state index in [1.54, 1.807) is 0 Å². The van der Waals surface area contributed by atoms with Crippen LogP contribution in [0.3, 0.4) is 0 Å². The zero-order valence-corrected chi connectivity index (χ0v) is 23.1. The summed E-state index contributed by atoms with van der Waals surface area (Å²) in [5.41, 5.74) is 5.19. The van der Waals surface area contributed by atoms with Crippen molar-refractivity contribution in [1.82, 2.24) is 14.9 Å². The molecule has 3 aromatic carbocycles. The van der Waals surface area contributed by atoms with Crippen LogP contribution in [0.4, 0.5) is 5.69 Å². The van der Waals surface area contributed by atoms with Crippen molar-refractivity contribution in [3.05, 3.63) is 137 Å². The third-order valence-corrected chi connectivity index (χ3v) is 7.57. The van der Waals surface area contributed by atoms with E-state index in [1.807, 2.05) is 67.7 Å². The van der Waals surface area contributed by atoms with E-state index in [2.05, 4.69) is 90.4 Å². The Morgan fingerprint density at radius 1 is 0.842 bits per heavy atom. The summed E-state index contributed by atoms with van der Waals surface area (Å²) in [7, 11) is 0. The minimum atomic E-state index is -0.129. The van der Waals surface area contributed by atoms with Crippen molar-refractivity contribution in [3.63, 3.8) is 0 Å². The number of pyridine rings is 1. The first-order valence-corrected chi connectivity index (χ1v) is 13.6. The lowest BCUT2D eigenvalue weighted by Gasteiger charge is -2.29. The number of para-hydroxylation sites is 1. The van der Waals surface area contributed by atoms with E-state index in [0.29, 0.717) is 5.11 Å². The fourth-order valence-corrected chi connectivity index (χ4v) is 5.49. The van der Waals surface area contributed by atoms with Crippen molar-refractivity contribution in [2.24, 2.45) is 0 Å². The standard InChI is InChI=1S/C31H25BrN4OS/c1-21-7-2-3-10-28(21)37-25-17-15-24(16-18-25)36-30(29(34-31(36)38)26-8-4-5-19-33-26)27-9-6-20-35(27)23-13-11-22(32)12-14-23/h2-20,29-30H,1H3,(H,34,38). The Labute approximate surface area is 235 Å². The Morgan fingerprint density at radius 3 is 2.32 bits per heavy atom. The van der Waals surface area contributed by atoms with Gasteiger partial charge in [-0.3, -0.25) is 4.98 Å². The number of nitrogens with one attached hydrogen (secondary N) is 1. The number of hydrogen-bond acceptors (Lipinski definition) is 3. The third-order valence-electron chi connectivity index (χ3n) is 6.72. The van der Waals surface area contributed by atoms with Crippen LogP contribution in [0.1, 0.15) is 29.0 Å². The number of aromatic nitrogens is 2. The molecule has 188 valence electrons. The molecule has 1 N–H and O–H groups in total. The minimum Gasteiger partial charge on any atom is -0.457 e. The van der Waals surface area contributed by atoms with Crippen LogP contribution in [-0.2, 0) is 0 Å². The van der Waals surface area contributed by atoms with Gasteiger partial charge in [0.2, 0.25) is 0 Å². The molecule has 2 unspecified atom stereocenters. The van der Waals surface area contributed by atoms with Gasteiger partial charge >= 0.3 is 0 Å². The van der Waals surface area contributed by atoms with E-state index in [-0.39, 0.29) is 12.1 Å². The summed E-state index contributed by atoms with van der Waals surface area (Å²) in [6.07, 6.45) is 3.91. The Balaban J connectivity index is 1.40. The molecule has 2 atom stereocenters. The maximum atomic E-state index is 6.14. The molecule has 5 nitrogen and oxygen atoms in total. The highest BCUT2D eigenvalue weighted by molar-refractivity contribution is 9.10. The first-order valence-electron chi connectivity index (χ1n) is 12.4. The van der Waals surface area contributed by atoms with Gasteiger partial charge in [-0.1, -0.05) is 40.2 Å². The van der Waals surface area contributed by atoms with E-state index >= 15 is 0 Å². The van der Waals surface area contributed by atoms with Crippen LogP contribution in [-0.4, -0.2) is 14.7 Å². The van der Waals surface area contributed by atoms with Gasteiger partial charge < -0.3 is 19.5 Å². The molecule has 1 aliphatic heterocycles. The van der Waals surface area contributed by atoms with E-state index in [0.717, 1.165) is 44.3 Å². The molecule has 3 heterocycles. The number of benzene rings is 3. The van der Waals surface area contributed by atoms with Gasteiger partial charge in [-0.2, -0.15) is 0 Å². The molecule has 7 heteroatoms. The van der Waals surface area contributed by atoms with Crippen LogP contribution < -0.4 is 15.0 Å². The number of ether oxygens (including phenoxy) is 1. The molecular weight excluding hydrogens is 556 g/mol. The second-order valence-electron chi connectivity index (χ2n) is 9.14. The van der Waals surface area contributed by atoms with Gasteiger partial charge in [-0.05, 0) is 104 Å². The van der Waals surface area contributed by atoms with Crippen LogP contribution in [0.5, 0.6) is 11.5 Å². The van der Waals surface area contributed by atoms with Gasteiger partial charge in [0, 0.05) is 33.9 Å². The molecule has 0 saturated carbocycles. The quantitative estimate of drug-likeness (QED) is 0.207. The topological polar surface area (TPSA) is 42.3 Å². The number of rotatable bonds is 6. The van der Waals surface area contributed by atoms with Gasteiger partial charge in [-0.25, -0.2) is 0 Å². The van der Waals surface area contributed by atoms with Crippen molar-refractivity contribution in [3.8, 4) is 17.2 Å². The molecule has 1 saturated heterocycles. The van der Waals surface area contributed by atoms with Crippen molar-refractivity contribution in [1.29, 1.82) is 0 Å². The number of anilines is 1. The number of hydrogen-bond donors (Lipinski definition) is 1. The molecule has 0 spiro atoms. The monoisotopic (exact) mass is 580 g/mol. The molecule has 0 bridgehead atoms. The molecule has 1 fully saturated rings. The summed E-state index contributed by atoms with van der Waals surface area (Å²) in [6.45, 7) is 2.04. The van der Waals surface area contributed by atoms with Gasteiger partial charge in [0.05, 0.1) is 11.7 Å². The number of aryl methyl sites for hydroxylation is 1. The fourth-order valence-electron chi connectivity index (χ4n) is 4.88. The van der Waals surface area contributed by atoms with Crippen LogP contribution in [0.15, 0.2) is 120 Å². The maximum Gasteiger partial charge on any atom is 0.174 e. The van der Waals surface area contributed by atoms with Crippen molar-refractivity contribution >= 4 is 38.9 Å². The van der Waals surface area contributed by atoms with E-state index in [1.165, 1.54) is 0 Å². The number of nitrogens with zero attached hydrogens (tertiary/aromatic N) is 3. The largest absolute Gasteiger partial charge is 0.457 e. The van der Waals surface area contributed by atoms with Crippen molar-refractivity contribution in [2.45, 2.75) is 19.0 Å². The first kappa shape index (κ1) is 24.4. The highest BCUT2D eigenvalue weighted by atomic mass is 79.9. The summed E-state index contributed by atoms with van der Waals surface area (Å²) in [6, 6.07) is 34.4. The van der Waals surface area contributed by atoms with Crippen LogP contribution >= 0.6 is 28.1 Å². The molecule has 2 aromatic heterocycles. The lowest BCUT2D eigenvalue weighted by molar-refractivity contribution is 0.479. The highest BCUT2D eigenvalue weighted by Crippen LogP contribution is 2.42. The second-order valence-corrected chi connectivity index (χ2v) is 10.4. The van der Waals surface area contributed by atoms with Gasteiger partial charge in [0.25, 0.3) is 0 Å². The van der Waals surface area contributed by atoms with E-state index in [4.69, 9.17) is 17.0 Å². The molecule has 0 aliphatic carbocycles. The second kappa shape index (κ2) is 10.4. The summed E-state index contributed by atoms with van der Waals surface area (Å²) in [5, 5.41) is 4.20. The van der Waals surface area contributed by atoms with Crippen LogP contribution in [0.25, 0.3) is 5.69 Å². The molecule has 38 heavy (non-hydrogen) atoms. The maximum absolute atomic E-state index is 6.14. The third kappa shape index (κ3) is 4.71. The SMILES string of the molecule is Cc1ccccc1Oc1ccc(N2C(=S)NC(c3ccccn3)C2c2cccn2-c2ccc(Br)cc2)cc1. The van der Waals surface area contributed by atoms with Gasteiger partial charge in [-0.15, -0.1) is 0 Å². The first-order chi connectivity index (χ1) is 18.6. The molecule has 1 aliphatic rings. The molecule has 0 radical (unpaired) electrons. The van der Waals surface area contributed by atoms with Crippen LogP contribution in [0.2, 0.25) is 0 Å². The number of thiocarbonyl (C=S) groups is 1. The minimum absolute atomic E-state index is 0.126. The van der Waals surface area contributed by atoms with Crippen molar-refractivity contribution in [2.75, 3.05) is 4.90 Å². The fraction of sp³-hybridized carbons (Fsp3) is 0.0968. The zero-order valence-electron chi connectivity index (χ0n) is 20.7. The Morgan fingerprint density at radius 2 is 1.58 bits per heavy atom. The predicted octanol–water partition coefficient (Wildman–Crippen LogP) is 7.91. The highest BCUT2D eigenvalue weighted by Gasteiger charge is 2.42. The van der Waals surface area contributed by atoms with E-state index in [9.17, 15) is 0 Å². The lowest BCUT2D eigenvalue weighted by atomic mass is 10.0. The summed E-state index contributed by atoms with van der Waals surface area (Å²) in [5.74, 6) is 1.62. The normalized spacial score (nSPS) is 16.9. The van der Waals surface area contributed by atoms with Crippen LogP contribution in [0, 0.1) is 6.92 Å². The summed E-state index contributed by atoms with van der Waals surface area (Å²) >= 11 is 9.47. The zero-order chi connectivity index (χ0) is 26.1. The smallest absolute Gasteiger partial charge is 0.174 e. The van der Waals surface area contributed by atoms with Gasteiger partial charge in [0.1, 0.15) is 17.5 Å². The molecule has 0 amide bonds. The Kier molecular flexibility index (Phi) is 6.70. The van der Waals surface area contributed by atoms with E-state index < -0.39 is 0 Å². The lowest BCUT2D eigenvalue weighted by Crippen LogP contribution is -2.30.